The molecule has 0 radical (unpaired) electrons. The van der Waals surface area contributed by atoms with Gasteiger partial charge >= 0.3 is 0 Å². The van der Waals surface area contributed by atoms with Crippen LogP contribution in [0.25, 0.3) is 5.65 Å². The quantitative estimate of drug-likeness (QED) is 0.863. The van der Waals surface area contributed by atoms with Gasteiger partial charge < -0.3 is 10.6 Å². The predicted octanol–water partition coefficient (Wildman–Crippen LogP) is 0.767. The summed E-state index contributed by atoms with van der Waals surface area (Å²) in [7, 11) is 0. The first-order valence-corrected chi connectivity index (χ1v) is 7.04. The van der Waals surface area contributed by atoms with Crippen LogP contribution < -0.4 is 10.6 Å². The van der Waals surface area contributed by atoms with Crippen LogP contribution in [0, 0.1) is 12.8 Å². The minimum absolute atomic E-state index is 0.0813. The molecule has 1 aliphatic rings. The van der Waals surface area contributed by atoms with Gasteiger partial charge in [-0.1, -0.05) is 0 Å². The number of amides is 1. The fourth-order valence-corrected chi connectivity index (χ4v) is 2.70. The molecule has 2 aromatic rings. The van der Waals surface area contributed by atoms with Crippen molar-refractivity contribution in [1.82, 2.24) is 25.2 Å². The third kappa shape index (κ3) is 2.51. The number of hydrogen-bond donors (Lipinski definition) is 2. The molecular weight excluding hydrogens is 254 g/mol. The SMILES string of the molecule is Cc1nn2cccnc2c1C(=O)NCC[C@@H]1CCNC1. The summed E-state index contributed by atoms with van der Waals surface area (Å²) >= 11 is 0. The number of carbonyl (C=O) groups is 1. The average molecular weight is 273 g/mol. The predicted molar refractivity (Wildman–Crippen MR) is 75.7 cm³/mol. The standard InChI is InChI=1S/C14H19N5O/c1-10-12(13-16-5-2-8-19(13)18-10)14(20)17-7-4-11-3-6-15-9-11/h2,5,8,11,15H,3-4,6-7,9H2,1H3,(H,17,20)/t11-/m0/s1. The molecule has 3 heterocycles. The normalized spacial score (nSPS) is 18.6. The first-order chi connectivity index (χ1) is 9.75. The van der Waals surface area contributed by atoms with E-state index in [1.165, 1.54) is 6.42 Å². The van der Waals surface area contributed by atoms with Crippen molar-refractivity contribution in [2.75, 3.05) is 19.6 Å². The molecule has 2 aromatic heterocycles. The van der Waals surface area contributed by atoms with Crippen LogP contribution in [-0.4, -0.2) is 40.1 Å². The van der Waals surface area contributed by atoms with E-state index in [4.69, 9.17) is 0 Å². The summed E-state index contributed by atoms with van der Waals surface area (Å²) in [6.45, 7) is 4.70. The Labute approximate surface area is 117 Å². The number of aryl methyl sites for hydroxylation is 1. The molecule has 1 aliphatic heterocycles. The highest BCUT2D eigenvalue weighted by molar-refractivity contribution is 6.00. The minimum Gasteiger partial charge on any atom is -0.352 e. The lowest BCUT2D eigenvalue weighted by atomic mass is 10.1. The summed E-state index contributed by atoms with van der Waals surface area (Å²) in [5.74, 6) is 0.598. The van der Waals surface area contributed by atoms with E-state index in [1.54, 1.807) is 23.0 Å². The zero-order chi connectivity index (χ0) is 13.9. The fraction of sp³-hybridized carbons (Fsp3) is 0.500. The van der Waals surface area contributed by atoms with Gasteiger partial charge in [-0.25, -0.2) is 9.50 Å². The van der Waals surface area contributed by atoms with Crippen LogP contribution in [0.5, 0.6) is 0 Å². The molecule has 2 N–H and O–H groups in total. The number of nitrogens with zero attached hydrogens (tertiary/aromatic N) is 3. The van der Waals surface area contributed by atoms with Crippen LogP contribution in [0.4, 0.5) is 0 Å². The van der Waals surface area contributed by atoms with Gasteiger partial charge in [0.2, 0.25) is 0 Å². The van der Waals surface area contributed by atoms with Gasteiger partial charge in [-0.05, 0) is 44.8 Å². The second-order valence-corrected chi connectivity index (χ2v) is 5.25. The Hall–Kier alpha value is -1.95. The molecule has 0 saturated carbocycles. The minimum atomic E-state index is -0.0813. The summed E-state index contributed by atoms with van der Waals surface area (Å²) in [4.78, 5) is 16.5. The van der Waals surface area contributed by atoms with Gasteiger partial charge in [0.15, 0.2) is 5.65 Å². The first-order valence-electron chi connectivity index (χ1n) is 7.04. The Morgan fingerprint density at radius 2 is 2.50 bits per heavy atom. The highest BCUT2D eigenvalue weighted by atomic mass is 16.1. The Kier molecular flexibility index (Phi) is 3.64. The fourth-order valence-electron chi connectivity index (χ4n) is 2.70. The van der Waals surface area contributed by atoms with Crippen molar-refractivity contribution in [3.63, 3.8) is 0 Å². The lowest BCUT2D eigenvalue weighted by Crippen LogP contribution is -2.27. The van der Waals surface area contributed by atoms with Crippen LogP contribution in [-0.2, 0) is 0 Å². The van der Waals surface area contributed by atoms with Gasteiger partial charge in [0, 0.05) is 18.9 Å². The van der Waals surface area contributed by atoms with Crippen LogP contribution in [0.15, 0.2) is 18.5 Å². The van der Waals surface area contributed by atoms with E-state index in [1.807, 2.05) is 6.92 Å². The molecule has 0 aliphatic carbocycles. The summed E-state index contributed by atoms with van der Waals surface area (Å²) in [5, 5.41) is 10.6. The Balaban J connectivity index is 1.67. The van der Waals surface area contributed by atoms with E-state index >= 15 is 0 Å². The van der Waals surface area contributed by atoms with Gasteiger partial charge in [0.1, 0.15) is 5.56 Å². The third-order valence-electron chi connectivity index (χ3n) is 3.80. The van der Waals surface area contributed by atoms with Gasteiger partial charge in [0.05, 0.1) is 5.69 Å². The summed E-state index contributed by atoms with van der Waals surface area (Å²) in [6, 6.07) is 1.80. The molecule has 0 unspecified atom stereocenters. The van der Waals surface area contributed by atoms with Crippen molar-refractivity contribution in [3.05, 3.63) is 29.7 Å². The van der Waals surface area contributed by atoms with Crippen molar-refractivity contribution < 1.29 is 4.79 Å². The van der Waals surface area contributed by atoms with E-state index in [2.05, 4.69) is 20.7 Å². The van der Waals surface area contributed by atoms with Crippen LogP contribution in [0.2, 0.25) is 0 Å². The van der Waals surface area contributed by atoms with Crippen LogP contribution in [0.3, 0.4) is 0 Å². The second kappa shape index (κ2) is 5.58. The topological polar surface area (TPSA) is 71.3 Å². The van der Waals surface area contributed by atoms with E-state index in [9.17, 15) is 4.79 Å². The van der Waals surface area contributed by atoms with Gasteiger partial charge in [-0.3, -0.25) is 4.79 Å². The summed E-state index contributed by atoms with van der Waals surface area (Å²) in [6.07, 6.45) is 5.70. The maximum atomic E-state index is 12.3. The Morgan fingerprint density at radius 1 is 1.60 bits per heavy atom. The van der Waals surface area contributed by atoms with Crippen molar-refractivity contribution in [2.24, 2.45) is 5.92 Å². The third-order valence-corrected chi connectivity index (χ3v) is 3.80. The number of fused-ring (bicyclic) bond motifs is 1. The summed E-state index contributed by atoms with van der Waals surface area (Å²) in [5.41, 5.74) is 1.91. The largest absolute Gasteiger partial charge is 0.352 e. The van der Waals surface area contributed by atoms with Gasteiger partial charge in [0.25, 0.3) is 5.91 Å². The molecule has 1 atom stereocenters. The van der Waals surface area contributed by atoms with Crippen LogP contribution >= 0.6 is 0 Å². The lowest BCUT2D eigenvalue weighted by molar-refractivity contribution is 0.0952. The van der Waals surface area contributed by atoms with Crippen molar-refractivity contribution in [1.29, 1.82) is 0 Å². The van der Waals surface area contributed by atoms with E-state index in [-0.39, 0.29) is 5.91 Å². The molecule has 1 amide bonds. The molecule has 1 saturated heterocycles. The lowest BCUT2D eigenvalue weighted by Gasteiger charge is -2.09. The molecule has 0 bridgehead atoms. The zero-order valence-corrected chi connectivity index (χ0v) is 11.6. The number of rotatable bonds is 4. The number of aromatic nitrogens is 3. The average Bonchev–Trinajstić information content (AvgIpc) is 3.04. The molecule has 0 spiro atoms. The highest BCUT2D eigenvalue weighted by Gasteiger charge is 2.19. The zero-order valence-electron chi connectivity index (χ0n) is 11.6. The molecular formula is C14H19N5O. The maximum Gasteiger partial charge on any atom is 0.257 e. The monoisotopic (exact) mass is 273 g/mol. The number of nitrogens with one attached hydrogen (secondary N) is 2. The maximum absolute atomic E-state index is 12.3. The Morgan fingerprint density at radius 3 is 3.30 bits per heavy atom. The Bertz CT molecular complexity index is 615. The molecule has 3 rings (SSSR count). The second-order valence-electron chi connectivity index (χ2n) is 5.25. The van der Waals surface area contributed by atoms with E-state index in [0.717, 1.165) is 19.5 Å². The summed E-state index contributed by atoms with van der Waals surface area (Å²) < 4.78 is 1.64. The number of hydrogen-bond acceptors (Lipinski definition) is 4. The molecule has 20 heavy (non-hydrogen) atoms. The molecule has 6 heteroatoms. The van der Waals surface area contributed by atoms with Gasteiger partial charge in [-0.15, -0.1) is 0 Å². The van der Waals surface area contributed by atoms with Crippen molar-refractivity contribution >= 4 is 11.6 Å². The van der Waals surface area contributed by atoms with Crippen LogP contribution in [0.1, 0.15) is 28.9 Å². The van der Waals surface area contributed by atoms with Gasteiger partial charge in [-0.2, -0.15) is 5.10 Å². The van der Waals surface area contributed by atoms with Crippen molar-refractivity contribution in [3.8, 4) is 0 Å². The highest BCUT2D eigenvalue weighted by Crippen LogP contribution is 2.14. The van der Waals surface area contributed by atoms with Crippen molar-refractivity contribution in [2.45, 2.75) is 19.8 Å². The molecule has 106 valence electrons. The smallest absolute Gasteiger partial charge is 0.257 e. The number of carbonyl (C=O) groups excluding carboxylic acids is 1. The van der Waals surface area contributed by atoms with E-state index < -0.39 is 0 Å². The molecule has 1 fully saturated rings. The molecule has 0 aromatic carbocycles. The first kappa shape index (κ1) is 13.1. The molecule has 6 nitrogen and oxygen atoms in total. The van der Waals surface area contributed by atoms with E-state index in [0.29, 0.717) is 29.4 Å².